The molecule has 0 aliphatic rings. The fourth-order valence-electron chi connectivity index (χ4n) is 2.12. The van der Waals surface area contributed by atoms with Crippen molar-refractivity contribution in [2.24, 2.45) is 0 Å². The van der Waals surface area contributed by atoms with Crippen LogP contribution in [-0.4, -0.2) is 14.7 Å². The molecule has 0 atom stereocenters. The summed E-state index contributed by atoms with van der Waals surface area (Å²) in [5, 5.41) is 13.5. The third-order valence-corrected chi connectivity index (χ3v) is 3.32. The Labute approximate surface area is 134 Å². The minimum atomic E-state index is -5.15. The smallest absolute Gasteiger partial charge is 0.258 e. The van der Waals surface area contributed by atoms with Crippen LogP contribution in [0.5, 0.6) is 0 Å². The van der Waals surface area contributed by atoms with E-state index in [4.69, 9.17) is 0 Å². The van der Waals surface area contributed by atoms with E-state index in [-0.39, 0.29) is 10.7 Å². The molecule has 0 amide bonds. The van der Waals surface area contributed by atoms with Crippen molar-refractivity contribution in [2.45, 2.75) is 25.8 Å². The fourth-order valence-corrected chi connectivity index (χ4v) is 2.12. The second kappa shape index (κ2) is 6.01. The molecule has 2 rings (SSSR count). The second-order valence-electron chi connectivity index (χ2n) is 5.01. The number of halogens is 7. The Morgan fingerprint density at radius 2 is 1.76 bits per heavy atom. The molecule has 0 saturated carbocycles. The van der Waals surface area contributed by atoms with Crippen LogP contribution < -0.4 is 0 Å². The van der Waals surface area contributed by atoms with Gasteiger partial charge in [-0.2, -0.15) is 31.4 Å². The Balaban J connectivity index is 2.52. The highest BCUT2D eigenvalue weighted by molar-refractivity contribution is 5.43. The van der Waals surface area contributed by atoms with Gasteiger partial charge in [0.2, 0.25) is 0 Å². The summed E-state index contributed by atoms with van der Waals surface area (Å²) in [6.45, 7) is 0.0570. The second-order valence-corrected chi connectivity index (χ2v) is 5.01. The SMILES string of the molecule is Cc1c([N+](=O)[O-])ccc(Cn2nc(C(F)(F)F)cc2C(F)(F)F)c1F. The largest absolute Gasteiger partial charge is 0.435 e. The van der Waals surface area contributed by atoms with Gasteiger partial charge < -0.3 is 0 Å². The van der Waals surface area contributed by atoms with Gasteiger partial charge in [0.1, 0.15) is 11.5 Å². The Kier molecular flexibility index (Phi) is 4.49. The summed E-state index contributed by atoms with van der Waals surface area (Å²) in [5.41, 5.74) is -5.01. The Hall–Kier alpha value is -2.66. The summed E-state index contributed by atoms with van der Waals surface area (Å²) < 4.78 is 90.6. The monoisotopic (exact) mass is 371 g/mol. The van der Waals surface area contributed by atoms with Crippen molar-refractivity contribution in [3.05, 3.63) is 56.6 Å². The molecule has 5 nitrogen and oxygen atoms in total. The maximum absolute atomic E-state index is 14.1. The average Bonchev–Trinajstić information content (AvgIpc) is 2.87. The normalized spacial score (nSPS) is 12.5. The van der Waals surface area contributed by atoms with Crippen molar-refractivity contribution < 1.29 is 35.7 Å². The summed E-state index contributed by atoms with van der Waals surface area (Å²) in [4.78, 5) is 9.80. The number of alkyl halides is 6. The number of hydrogen-bond acceptors (Lipinski definition) is 3. The molecule has 0 spiro atoms. The fraction of sp³-hybridized carbons (Fsp3) is 0.308. The van der Waals surface area contributed by atoms with Gasteiger partial charge in [0.25, 0.3) is 5.69 Å². The lowest BCUT2D eigenvalue weighted by molar-refractivity contribution is -0.385. The molecule has 25 heavy (non-hydrogen) atoms. The van der Waals surface area contributed by atoms with E-state index in [9.17, 15) is 40.8 Å². The van der Waals surface area contributed by atoms with Crippen LogP contribution in [0.4, 0.5) is 36.4 Å². The van der Waals surface area contributed by atoms with E-state index in [0.29, 0.717) is 0 Å². The van der Waals surface area contributed by atoms with Gasteiger partial charge in [-0.05, 0) is 13.0 Å². The minimum Gasteiger partial charge on any atom is -0.258 e. The number of nitrogens with zero attached hydrogens (tertiary/aromatic N) is 3. The summed E-state index contributed by atoms with van der Waals surface area (Å²) in [6.07, 6.45) is -10.3. The van der Waals surface area contributed by atoms with Crippen molar-refractivity contribution in [1.82, 2.24) is 9.78 Å². The van der Waals surface area contributed by atoms with E-state index in [1.807, 2.05) is 0 Å². The van der Waals surface area contributed by atoms with E-state index < -0.39 is 57.8 Å². The number of nitro benzene ring substituents is 1. The number of hydrogen-bond donors (Lipinski definition) is 0. The van der Waals surface area contributed by atoms with Crippen LogP contribution in [0.1, 0.15) is 22.5 Å². The lowest BCUT2D eigenvalue weighted by Gasteiger charge is -2.11. The molecule has 0 aliphatic carbocycles. The van der Waals surface area contributed by atoms with Crippen molar-refractivity contribution in [3.63, 3.8) is 0 Å². The first kappa shape index (κ1) is 18.7. The van der Waals surface area contributed by atoms with Crippen LogP contribution in [0.2, 0.25) is 0 Å². The first-order valence-corrected chi connectivity index (χ1v) is 6.47. The topological polar surface area (TPSA) is 61.0 Å². The third kappa shape index (κ3) is 3.72. The molecule has 0 N–H and O–H groups in total. The third-order valence-electron chi connectivity index (χ3n) is 3.32. The van der Waals surface area contributed by atoms with Crippen LogP contribution >= 0.6 is 0 Å². The zero-order valence-electron chi connectivity index (χ0n) is 12.2. The summed E-state index contributed by atoms with van der Waals surface area (Å²) in [6, 6.07) is 1.50. The molecule has 0 fully saturated rings. The van der Waals surface area contributed by atoms with Crippen LogP contribution in [0.15, 0.2) is 18.2 Å². The van der Waals surface area contributed by atoms with E-state index in [2.05, 4.69) is 5.10 Å². The standard InChI is InChI=1S/C13H8F7N3O2/c1-6-8(23(24)25)3-2-7(11(6)14)5-22-10(13(18,19)20)4-9(21-22)12(15,16)17/h2-4H,5H2,1H3. The maximum Gasteiger partial charge on any atom is 0.435 e. The molecule has 0 radical (unpaired) electrons. The van der Waals surface area contributed by atoms with Gasteiger partial charge in [0.15, 0.2) is 5.69 Å². The lowest BCUT2D eigenvalue weighted by atomic mass is 10.1. The zero-order chi connectivity index (χ0) is 19.2. The summed E-state index contributed by atoms with van der Waals surface area (Å²) in [5.74, 6) is -1.19. The highest BCUT2D eigenvalue weighted by atomic mass is 19.4. The van der Waals surface area contributed by atoms with Gasteiger partial charge in [-0.3, -0.25) is 14.8 Å². The highest BCUT2D eigenvalue weighted by Gasteiger charge is 2.42. The van der Waals surface area contributed by atoms with E-state index in [0.717, 1.165) is 19.1 Å². The van der Waals surface area contributed by atoms with Gasteiger partial charge in [0, 0.05) is 17.7 Å². The van der Waals surface area contributed by atoms with Gasteiger partial charge in [-0.25, -0.2) is 4.39 Å². The van der Waals surface area contributed by atoms with Crippen LogP contribution in [0.25, 0.3) is 0 Å². The molecule has 0 saturated heterocycles. The number of benzene rings is 1. The lowest BCUT2D eigenvalue weighted by Crippen LogP contribution is -2.16. The van der Waals surface area contributed by atoms with E-state index in [1.165, 1.54) is 0 Å². The van der Waals surface area contributed by atoms with Crippen molar-refractivity contribution >= 4 is 5.69 Å². The molecular formula is C13H8F7N3O2. The molecule has 0 unspecified atom stereocenters. The van der Waals surface area contributed by atoms with Crippen molar-refractivity contribution in [3.8, 4) is 0 Å². The minimum absolute atomic E-state index is 0.0352. The average molecular weight is 371 g/mol. The Morgan fingerprint density at radius 1 is 1.16 bits per heavy atom. The van der Waals surface area contributed by atoms with E-state index in [1.54, 1.807) is 0 Å². The van der Waals surface area contributed by atoms with Gasteiger partial charge in [-0.1, -0.05) is 0 Å². The zero-order valence-corrected chi connectivity index (χ0v) is 12.2. The van der Waals surface area contributed by atoms with Gasteiger partial charge in [-0.15, -0.1) is 0 Å². The van der Waals surface area contributed by atoms with Crippen molar-refractivity contribution in [2.75, 3.05) is 0 Å². The molecule has 1 heterocycles. The molecule has 12 heteroatoms. The molecular weight excluding hydrogens is 363 g/mol. The maximum atomic E-state index is 14.1. The molecule has 1 aromatic carbocycles. The van der Waals surface area contributed by atoms with Gasteiger partial charge >= 0.3 is 12.4 Å². The summed E-state index contributed by atoms with van der Waals surface area (Å²) in [7, 11) is 0. The Bertz CT molecular complexity index is 824. The summed E-state index contributed by atoms with van der Waals surface area (Å²) >= 11 is 0. The number of nitro groups is 1. The molecule has 1 aromatic heterocycles. The van der Waals surface area contributed by atoms with Crippen LogP contribution in [0.3, 0.4) is 0 Å². The predicted molar refractivity (Wildman–Crippen MR) is 69.1 cm³/mol. The van der Waals surface area contributed by atoms with E-state index >= 15 is 0 Å². The predicted octanol–water partition coefficient (Wildman–Crippen LogP) is 4.32. The molecule has 0 aliphatic heterocycles. The molecule has 136 valence electrons. The highest BCUT2D eigenvalue weighted by Crippen LogP contribution is 2.35. The van der Waals surface area contributed by atoms with Crippen LogP contribution in [-0.2, 0) is 18.9 Å². The number of rotatable bonds is 3. The quantitative estimate of drug-likeness (QED) is 0.459. The Morgan fingerprint density at radius 3 is 2.24 bits per heavy atom. The van der Waals surface area contributed by atoms with Crippen molar-refractivity contribution in [1.29, 1.82) is 0 Å². The molecule has 0 bridgehead atoms. The first-order chi connectivity index (χ1) is 11.3. The first-order valence-electron chi connectivity index (χ1n) is 6.47. The van der Waals surface area contributed by atoms with Gasteiger partial charge in [0.05, 0.1) is 17.0 Å². The molecule has 2 aromatic rings. The number of aromatic nitrogens is 2. The van der Waals surface area contributed by atoms with Crippen LogP contribution in [0, 0.1) is 22.9 Å².